The smallest absolute Gasteiger partial charge is 0.252 e. The molecule has 2 aliphatic rings. The number of rotatable bonds is 6. The molecule has 0 aromatic carbocycles. The van der Waals surface area contributed by atoms with E-state index in [0.717, 1.165) is 50.2 Å². The van der Waals surface area contributed by atoms with Crippen molar-refractivity contribution in [3.63, 3.8) is 0 Å². The molecule has 3 rings (SSSR count). The van der Waals surface area contributed by atoms with E-state index in [1.54, 1.807) is 16.4 Å². The molecule has 6 nitrogen and oxygen atoms in total. The third-order valence-electron chi connectivity index (χ3n) is 5.08. The van der Waals surface area contributed by atoms with E-state index in [0.29, 0.717) is 29.6 Å². The largest absolute Gasteiger partial charge is 0.342 e. The van der Waals surface area contributed by atoms with Gasteiger partial charge < -0.3 is 10.2 Å². The van der Waals surface area contributed by atoms with Crippen LogP contribution in [0.25, 0.3) is 0 Å². The van der Waals surface area contributed by atoms with Crippen molar-refractivity contribution >= 4 is 27.3 Å². The molecule has 0 radical (unpaired) electrons. The molecule has 0 saturated carbocycles. The van der Waals surface area contributed by atoms with Gasteiger partial charge in [0.2, 0.25) is 5.91 Å². The van der Waals surface area contributed by atoms with Crippen LogP contribution in [0.15, 0.2) is 16.3 Å². The normalized spacial score (nSPS) is 20.3. The van der Waals surface area contributed by atoms with Crippen LogP contribution >= 0.6 is 11.3 Å². The monoisotopic (exact) mass is 385 g/mol. The fourth-order valence-corrected chi connectivity index (χ4v) is 6.60. The first-order valence-electron chi connectivity index (χ1n) is 9.02. The number of likely N-dealkylation sites (tertiary alicyclic amines) is 1. The van der Waals surface area contributed by atoms with E-state index in [4.69, 9.17) is 0 Å². The number of piperidine rings is 1. The maximum Gasteiger partial charge on any atom is 0.252 e. The maximum absolute atomic E-state index is 12.6. The molecule has 2 saturated heterocycles. The SMILES string of the molecule is CNCC1CCN(C(=O)Cc2ccc(S(=O)(=O)N3CCCC3)s2)CC1. The molecule has 1 aromatic heterocycles. The summed E-state index contributed by atoms with van der Waals surface area (Å²) in [4.78, 5) is 15.3. The highest BCUT2D eigenvalue weighted by Gasteiger charge is 2.29. The second-order valence-corrected chi connectivity index (χ2v) is 10.2. The van der Waals surface area contributed by atoms with Gasteiger partial charge in [0, 0.05) is 31.1 Å². The van der Waals surface area contributed by atoms with Crippen molar-refractivity contribution in [3.05, 3.63) is 17.0 Å². The molecule has 8 heteroatoms. The second kappa shape index (κ2) is 8.16. The molecule has 3 heterocycles. The van der Waals surface area contributed by atoms with Crippen LogP contribution in [0.2, 0.25) is 0 Å². The molecule has 2 aliphatic heterocycles. The molecule has 0 unspecified atom stereocenters. The highest BCUT2D eigenvalue weighted by Crippen LogP contribution is 2.28. The minimum Gasteiger partial charge on any atom is -0.342 e. The minimum absolute atomic E-state index is 0.106. The summed E-state index contributed by atoms with van der Waals surface area (Å²) >= 11 is 1.24. The topological polar surface area (TPSA) is 69.7 Å². The number of nitrogens with zero attached hydrogens (tertiary/aromatic N) is 2. The number of carbonyl (C=O) groups is 1. The van der Waals surface area contributed by atoms with Crippen LogP contribution in [-0.4, -0.2) is 63.3 Å². The van der Waals surface area contributed by atoms with Gasteiger partial charge in [-0.2, -0.15) is 4.31 Å². The van der Waals surface area contributed by atoms with Crippen LogP contribution in [-0.2, 0) is 21.2 Å². The van der Waals surface area contributed by atoms with Crippen molar-refractivity contribution in [1.29, 1.82) is 0 Å². The maximum atomic E-state index is 12.6. The van der Waals surface area contributed by atoms with Crippen molar-refractivity contribution in [2.75, 3.05) is 39.8 Å². The minimum atomic E-state index is -3.37. The van der Waals surface area contributed by atoms with Crippen molar-refractivity contribution in [2.45, 2.75) is 36.3 Å². The summed E-state index contributed by atoms with van der Waals surface area (Å²) in [6, 6.07) is 3.44. The highest BCUT2D eigenvalue weighted by atomic mass is 32.2. The van der Waals surface area contributed by atoms with Gasteiger partial charge in [0.15, 0.2) is 0 Å². The lowest BCUT2D eigenvalue weighted by atomic mass is 9.96. The van der Waals surface area contributed by atoms with E-state index in [-0.39, 0.29) is 5.91 Å². The van der Waals surface area contributed by atoms with Gasteiger partial charge in [0.05, 0.1) is 6.42 Å². The molecular formula is C17H27N3O3S2. The third kappa shape index (κ3) is 4.42. The Hall–Kier alpha value is -0.960. The lowest BCUT2D eigenvalue weighted by Gasteiger charge is -2.31. The fraction of sp³-hybridized carbons (Fsp3) is 0.706. The molecule has 140 valence electrons. The van der Waals surface area contributed by atoms with Gasteiger partial charge in [-0.05, 0) is 57.3 Å². The summed E-state index contributed by atoms with van der Waals surface area (Å²) in [6.07, 6.45) is 4.23. The van der Waals surface area contributed by atoms with Crippen LogP contribution in [0.1, 0.15) is 30.6 Å². The first-order valence-corrected chi connectivity index (χ1v) is 11.3. The molecular weight excluding hydrogens is 358 g/mol. The number of thiophene rings is 1. The predicted molar refractivity (Wildman–Crippen MR) is 99.2 cm³/mol. The molecule has 25 heavy (non-hydrogen) atoms. The summed E-state index contributed by atoms with van der Waals surface area (Å²) < 4.78 is 27.1. The van der Waals surface area contributed by atoms with Crippen LogP contribution in [0.4, 0.5) is 0 Å². The first kappa shape index (κ1) is 18.8. The molecule has 0 spiro atoms. The summed E-state index contributed by atoms with van der Waals surface area (Å²) in [5, 5.41) is 3.20. The van der Waals surface area contributed by atoms with E-state index in [1.807, 2.05) is 11.9 Å². The molecule has 1 amide bonds. The molecule has 1 aromatic rings. The zero-order valence-corrected chi connectivity index (χ0v) is 16.4. The number of carbonyl (C=O) groups excluding carboxylic acids is 1. The molecule has 0 atom stereocenters. The van der Waals surface area contributed by atoms with E-state index in [2.05, 4.69) is 5.32 Å². The average molecular weight is 386 g/mol. The van der Waals surface area contributed by atoms with Crippen molar-refractivity contribution in [1.82, 2.24) is 14.5 Å². The van der Waals surface area contributed by atoms with Gasteiger partial charge in [-0.1, -0.05) is 0 Å². The van der Waals surface area contributed by atoms with Gasteiger partial charge in [-0.3, -0.25) is 4.79 Å². The van der Waals surface area contributed by atoms with Crippen molar-refractivity contribution < 1.29 is 13.2 Å². The Bertz CT molecular complexity index is 688. The van der Waals surface area contributed by atoms with Crippen molar-refractivity contribution in [2.24, 2.45) is 5.92 Å². The molecule has 0 aliphatic carbocycles. The second-order valence-electron chi connectivity index (χ2n) is 6.89. The van der Waals surface area contributed by atoms with Crippen LogP contribution in [0, 0.1) is 5.92 Å². The summed E-state index contributed by atoms with van der Waals surface area (Å²) in [7, 11) is -1.41. The zero-order valence-electron chi connectivity index (χ0n) is 14.7. The van der Waals surface area contributed by atoms with E-state index >= 15 is 0 Å². The zero-order chi connectivity index (χ0) is 17.9. The molecule has 1 N–H and O–H groups in total. The molecule has 0 bridgehead atoms. The van der Waals surface area contributed by atoms with Crippen LogP contribution in [0.5, 0.6) is 0 Å². The predicted octanol–water partition coefficient (Wildman–Crippen LogP) is 1.53. The Morgan fingerprint density at radius 3 is 2.52 bits per heavy atom. The number of sulfonamides is 1. The van der Waals surface area contributed by atoms with Gasteiger partial charge in [0.25, 0.3) is 10.0 Å². The van der Waals surface area contributed by atoms with Gasteiger partial charge in [0.1, 0.15) is 4.21 Å². The highest BCUT2D eigenvalue weighted by molar-refractivity contribution is 7.91. The van der Waals surface area contributed by atoms with Crippen LogP contribution in [0.3, 0.4) is 0 Å². The summed E-state index contributed by atoms with van der Waals surface area (Å²) in [5.41, 5.74) is 0. The standard InChI is InChI=1S/C17H27N3O3S2/c1-18-13-14-6-10-19(11-7-14)16(21)12-15-4-5-17(24-15)25(22,23)20-8-2-3-9-20/h4-5,14,18H,2-3,6-13H2,1H3. The lowest BCUT2D eigenvalue weighted by Crippen LogP contribution is -2.41. The van der Waals surface area contributed by atoms with Crippen LogP contribution < -0.4 is 5.32 Å². The lowest BCUT2D eigenvalue weighted by molar-refractivity contribution is -0.131. The number of nitrogens with one attached hydrogen (secondary N) is 1. The van der Waals surface area contributed by atoms with E-state index < -0.39 is 10.0 Å². The quantitative estimate of drug-likeness (QED) is 0.806. The number of amides is 1. The Kier molecular flexibility index (Phi) is 6.14. The Morgan fingerprint density at radius 2 is 1.88 bits per heavy atom. The number of hydrogen-bond acceptors (Lipinski definition) is 5. The summed E-state index contributed by atoms with van der Waals surface area (Å²) in [6.45, 7) is 3.82. The average Bonchev–Trinajstić information content (AvgIpc) is 3.28. The van der Waals surface area contributed by atoms with Gasteiger partial charge >= 0.3 is 0 Å². The number of hydrogen-bond donors (Lipinski definition) is 1. The van der Waals surface area contributed by atoms with E-state index in [1.165, 1.54) is 11.3 Å². The Morgan fingerprint density at radius 1 is 1.20 bits per heavy atom. The Balaban J connectivity index is 1.57. The summed E-state index contributed by atoms with van der Waals surface area (Å²) in [5.74, 6) is 0.753. The van der Waals surface area contributed by atoms with Gasteiger partial charge in [-0.25, -0.2) is 8.42 Å². The molecule has 2 fully saturated rings. The van der Waals surface area contributed by atoms with Gasteiger partial charge in [-0.15, -0.1) is 11.3 Å². The van der Waals surface area contributed by atoms with Crippen molar-refractivity contribution in [3.8, 4) is 0 Å². The third-order valence-corrected chi connectivity index (χ3v) is 8.53. The Labute approximate surface area is 154 Å². The van der Waals surface area contributed by atoms with E-state index in [9.17, 15) is 13.2 Å². The fourth-order valence-electron chi connectivity index (χ4n) is 3.58. The first-order chi connectivity index (χ1) is 12.0.